The molecule has 0 radical (unpaired) electrons. The van der Waals surface area contributed by atoms with Gasteiger partial charge in [0, 0.05) is 17.8 Å². The van der Waals surface area contributed by atoms with Crippen molar-refractivity contribution in [1.82, 2.24) is 0 Å². The van der Waals surface area contributed by atoms with Crippen molar-refractivity contribution in [1.29, 1.82) is 15.8 Å². The zero-order valence-electron chi connectivity index (χ0n) is 12.1. The summed E-state index contributed by atoms with van der Waals surface area (Å²) >= 11 is 0. The molecule has 1 N–H and O–H groups in total. The lowest BCUT2D eigenvalue weighted by Crippen LogP contribution is -2.20. The van der Waals surface area contributed by atoms with Gasteiger partial charge in [-0.05, 0) is 18.8 Å². The Morgan fingerprint density at radius 3 is 2.17 bits per heavy atom. The highest BCUT2D eigenvalue weighted by molar-refractivity contribution is 5.59. The number of anilines is 1. The van der Waals surface area contributed by atoms with Crippen molar-refractivity contribution in [3.05, 3.63) is 35.0 Å². The second kappa shape index (κ2) is 7.24. The monoisotopic (exact) mass is 314 g/mol. The van der Waals surface area contributed by atoms with E-state index >= 15 is 0 Å². The fourth-order valence-electron chi connectivity index (χ4n) is 2.06. The number of rotatable bonds is 5. The van der Waals surface area contributed by atoms with Crippen molar-refractivity contribution in [2.45, 2.75) is 19.3 Å². The third-order valence-corrected chi connectivity index (χ3v) is 3.54. The molecule has 0 atom stereocenters. The van der Waals surface area contributed by atoms with Gasteiger partial charge in [0.05, 0.1) is 6.61 Å². The molecule has 1 aromatic rings. The van der Waals surface area contributed by atoms with Crippen LogP contribution in [-0.4, -0.2) is 6.61 Å². The number of nitriles is 3. The minimum Gasteiger partial charge on any atom is -0.487 e. The first-order valence-electron chi connectivity index (χ1n) is 6.92. The molecule has 0 bridgehead atoms. The Hall–Kier alpha value is -3.11. The zero-order valence-corrected chi connectivity index (χ0v) is 12.1. The smallest absolute Gasteiger partial charge is 0.190 e. The van der Waals surface area contributed by atoms with Crippen LogP contribution in [0.1, 0.15) is 19.3 Å². The van der Waals surface area contributed by atoms with Crippen LogP contribution in [0.4, 0.5) is 14.5 Å². The van der Waals surface area contributed by atoms with Crippen LogP contribution in [0.3, 0.4) is 0 Å². The Morgan fingerprint density at radius 1 is 1.13 bits per heavy atom. The molecular weight excluding hydrogens is 302 g/mol. The van der Waals surface area contributed by atoms with E-state index in [2.05, 4.69) is 5.32 Å². The van der Waals surface area contributed by atoms with E-state index in [4.69, 9.17) is 20.5 Å². The highest BCUT2D eigenvalue weighted by Gasteiger charge is 2.20. The molecule has 0 spiro atoms. The van der Waals surface area contributed by atoms with Crippen molar-refractivity contribution in [3.63, 3.8) is 0 Å². The lowest BCUT2D eigenvalue weighted by Gasteiger charge is -2.25. The van der Waals surface area contributed by atoms with Gasteiger partial charge >= 0.3 is 0 Å². The number of ether oxygens (including phenoxy) is 1. The maximum atomic E-state index is 14.0. The van der Waals surface area contributed by atoms with Crippen LogP contribution in [0, 0.1) is 51.5 Å². The first kappa shape index (κ1) is 16.3. The van der Waals surface area contributed by atoms with Crippen molar-refractivity contribution in [2.75, 3.05) is 11.9 Å². The van der Waals surface area contributed by atoms with Gasteiger partial charge in [0.2, 0.25) is 0 Å². The summed E-state index contributed by atoms with van der Waals surface area (Å²) in [6.07, 6.45) is 3.08. The van der Waals surface area contributed by atoms with Crippen LogP contribution < -0.4 is 10.1 Å². The average molecular weight is 314 g/mol. The molecule has 2 rings (SSSR count). The molecule has 1 saturated carbocycles. The topological polar surface area (TPSA) is 92.6 Å². The summed E-state index contributed by atoms with van der Waals surface area (Å²) in [5.74, 6) is -1.97. The van der Waals surface area contributed by atoms with E-state index < -0.39 is 23.0 Å². The Bertz CT molecular complexity index is 725. The van der Waals surface area contributed by atoms with Crippen molar-refractivity contribution < 1.29 is 13.5 Å². The second-order valence-electron chi connectivity index (χ2n) is 5.09. The number of nitrogens with zero attached hydrogens (tertiary/aromatic N) is 3. The highest BCUT2D eigenvalue weighted by Crippen LogP contribution is 2.30. The van der Waals surface area contributed by atoms with E-state index in [9.17, 15) is 8.78 Å². The van der Waals surface area contributed by atoms with Gasteiger partial charge in [-0.2, -0.15) is 15.8 Å². The third kappa shape index (κ3) is 3.75. The Balaban J connectivity index is 2.19. The van der Waals surface area contributed by atoms with Gasteiger partial charge in [-0.1, -0.05) is 6.42 Å². The van der Waals surface area contributed by atoms with E-state index in [-0.39, 0.29) is 18.0 Å². The third-order valence-electron chi connectivity index (χ3n) is 3.54. The molecule has 0 aliphatic heterocycles. The van der Waals surface area contributed by atoms with Gasteiger partial charge in [-0.15, -0.1) is 0 Å². The Kier molecular flexibility index (Phi) is 5.12. The van der Waals surface area contributed by atoms with Crippen LogP contribution >= 0.6 is 0 Å². The van der Waals surface area contributed by atoms with E-state index in [1.54, 1.807) is 6.07 Å². The SMILES string of the molecule is N#CC(C#N)=C(C#N)Nc1cc(F)c(OCC2CCC2)c(F)c1. The van der Waals surface area contributed by atoms with E-state index in [0.717, 1.165) is 31.4 Å². The summed E-state index contributed by atoms with van der Waals surface area (Å²) in [4.78, 5) is 0. The van der Waals surface area contributed by atoms with Gasteiger partial charge in [0.1, 0.15) is 23.9 Å². The molecule has 0 saturated heterocycles. The van der Waals surface area contributed by atoms with Gasteiger partial charge in [0.15, 0.2) is 23.0 Å². The first-order valence-corrected chi connectivity index (χ1v) is 6.92. The molecular formula is C16H12F2N4O. The van der Waals surface area contributed by atoms with Crippen molar-refractivity contribution in [3.8, 4) is 24.0 Å². The average Bonchev–Trinajstić information content (AvgIpc) is 2.48. The fraction of sp³-hybridized carbons (Fsp3) is 0.312. The molecule has 23 heavy (non-hydrogen) atoms. The van der Waals surface area contributed by atoms with Crippen molar-refractivity contribution in [2.24, 2.45) is 5.92 Å². The standard InChI is InChI=1S/C16H12F2N4O/c17-13-4-12(22-15(8-21)11(6-19)7-20)5-14(18)16(13)23-9-10-2-1-3-10/h4-5,10,22H,1-3,9H2. The maximum Gasteiger partial charge on any atom is 0.190 e. The number of benzene rings is 1. The number of halogens is 2. The van der Waals surface area contributed by atoms with E-state index in [0.29, 0.717) is 5.92 Å². The number of allylic oxidation sites excluding steroid dienone is 2. The van der Waals surface area contributed by atoms with Gasteiger partial charge < -0.3 is 10.1 Å². The lowest BCUT2D eigenvalue weighted by atomic mass is 9.86. The number of hydrogen-bond acceptors (Lipinski definition) is 5. The summed E-state index contributed by atoms with van der Waals surface area (Å²) in [5.41, 5.74) is -0.939. The minimum atomic E-state index is -0.917. The fourth-order valence-corrected chi connectivity index (χ4v) is 2.06. The summed E-state index contributed by atoms with van der Waals surface area (Å²) < 4.78 is 33.1. The highest BCUT2D eigenvalue weighted by atomic mass is 19.1. The predicted octanol–water partition coefficient (Wildman–Crippen LogP) is 3.38. The molecule has 1 aromatic carbocycles. The summed E-state index contributed by atoms with van der Waals surface area (Å²) in [5, 5.41) is 28.7. The summed E-state index contributed by atoms with van der Waals surface area (Å²) in [7, 11) is 0. The van der Waals surface area contributed by atoms with Crippen LogP contribution in [-0.2, 0) is 0 Å². The van der Waals surface area contributed by atoms with E-state index in [1.807, 2.05) is 0 Å². The molecule has 0 aromatic heterocycles. The van der Waals surface area contributed by atoms with Crippen LogP contribution in [0.5, 0.6) is 5.75 Å². The molecule has 5 nitrogen and oxygen atoms in total. The van der Waals surface area contributed by atoms with Gasteiger partial charge in [0.25, 0.3) is 0 Å². The van der Waals surface area contributed by atoms with Crippen molar-refractivity contribution >= 4 is 5.69 Å². The molecule has 0 amide bonds. The van der Waals surface area contributed by atoms with Crippen LogP contribution in [0.25, 0.3) is 0 Å². The quantitative estimate of drug-likeness (QED) is 0.841. The minimum absolute atomic E-state index is 0.0875. The number of nitrogens with one attached hydrogen (secondary N) is 1. The molecule has 7 heteroatoms. The van der Waals surface area contributed by atoms with Crippen LogP contribution in [0.2, 0.25) is 0 Å². The molecule has 116 valence electrons. The Morgan fingerprint density at radius 2 is 1.74 bits per heavy atom. The van der Waals surface area contributed by atoms with Gasteiger partial charge in [-0.3, -0.25) is 0 Å². The normalized spacial score (nSPS) is 13.0. The summed E-state index contributed by atoms with van der Waals surface area (Å²) in [6.45, 7) is 0.261. The molecule has 1 aliphatic rings. The Labute approximate surface area is 132 Å². The molecule has 1 aliphatic carbocycles. The molecule has 1 fully saturated rings. The largest absolute Gasteiger partial charge is 0.487 e. The molecule has 0 heterocycles. The molecule has 0 unspecified atom stereocenters. The summed E-state index contributed by atoms with van der Waals surface area (Å²) in [6, 6.07) is 6.56. The lowest BCUT2D eigenvalue weighted by molar-refractivity contribution is 0.170. The first-order chi connectivity index (χ1) is 11.1. The zero-order chi connectivity index (χ0) is 16.8. The number of hydrogen-bond donors (Lipinski definition) is 1. The second-order valence-corrected chi connectivity index (χ2v) is 5.09. The van der Waals surface area contributed by atoms with Gasteiger partial charge in [-0.25, -0.2) is 8.78 Å². The predicted molar refractivity (Wildman–Crippen MR) is 76.7 cm³/mol. The van der Waals surface area contributed by atoms with Crippen LogP contribution in [0.15, 0.2) is 23.4 Å². The maximum absolute atomic E-state index is 14.0. The van der Waals surface area contributed by atoms with E-state index in [1.165, 1.54) is 12.1 Å².